The summed E-state index contributed by atoms with van der Waals surface area (Å²) in [7, 11) is 0. The molecule has 1 fully saturated rings. The summed E-state index contributed by atoms with van der Waals surface area (Å²) in [6.45, 7) is 2.88. The van der Waals surface area contributed by atoms with Crippen LogP contribution in [0.2, 0.25) is 0 Å². The van der Waals surface area contributed by atoms with Crippen molar-refractivity contribution in [3.8, 4) is 5.75 Å². The van der Waals surface area contributed by atoms with Crippen molar-refractivity contribution >= 4 is 6.08 Å². The summed E-state index contributed by atoms with van der Waals surface area (Å²) in [5.74, 6) is 1.02. The van der Waals surface area contributed by atoms with Crippen molar-refractivity contribution in [2.24, 2.45) is 0 Å². The van der Waals surface area contributed by atoms with Gasteiger partial charge in [0.2, 0.25) is 0 Å². The van der Waals surface area contributed by atoms with Crippen LogP contribution in [-0.4, -0.2) is 13.1 Å². The van der Waals surface area contributed by atoms with Gasteiger partial charge in [-0.1, -0.05) is 54.6 Å². The third kappa shape index (κ3) is 2.99. The fourth-order valence-electron chi connectivity index (χ4n) is 4.15. The predicted octanol–water partition coefficient (Wildman–Crippen LogP) is 4.69. The monoisotopic (exact) mass is 319 g/mol. The summed E-state index contributed by atoms with van der Waals surface area (Å²) in [5, 5.41) is 3.56. The Labute approximate surface area is 144 Å². The molecule has 1 unspecified atom stereocenters. The van der Waals surface area contributed by atoms with Gasteiger partial charge in [0.15, 0.2) is 0 Å². The van der Waals surface area contributed by atoms with E-state index in [9.17, 15) is 0 Å². The van der Waals surface area contributed by atoms with Gasteiger partial charge in [-0.3, -0.25) is 0 Å². The lowest BCUT2D eigenvalue weighted by Crippen LogP contribution is -2.29. The molecule has 0 bridgehead atoms. The first kappa shape index (κ1) is 15.5. The van der Waals surface area contributed by atoms with Gasteiger partial charge in [0.25, 0.3) is 0 Å². The Morgan fingerprint density at radius 1 is 0.958 bits per heavy atom. The molecule has 24 heavy (non-hydrogen) atoms. The maximum atomic E-state index is 6.19. The van der Waals surface area contributed by atoms with E-state index in [0.29, 0.717) is 12.0 Å². The van der Waals surface area contributed by atoms with Crippen molar-refractivity contribution < 1.29 is 4.74 Å². The molecule has 2 aromatic carbocycles. The molecule has 1 aliphatic heterocycles. The van der Waals surface area contributed by atoms with E-state index in [-0.39, 0.29) is 0 Å². The second-order valence-corrected chi connectivity index (χ2v) is 6.98. The van der Waals surface area contributed by atoms with Gasteiger partial charge in [-0.25, -0.2) is 0 Å². The highest BCUT2D eigenvalue weighted by Gasteiger charge is 2.35. The Morgan fingerprint density at radius 3 is 2.79 bits per heavy atom. The van der Waals surface area contributed by atoms with Crippen LogP contribution < -0.4 is 10.1 Å². The number of allylic oxidation sites excluding steroid dienone is 1. The number of nitrogens with one attached hydrogen (secondary N) is 1. The van der Waals surface area contributed by atoms with Crippen LogP contribution in [0.1, 0.15) is 42.4 Å². The standard InChI is InChI=1S/C22H25NO/c1-2-7-18(8-3-1)17-24-21-11-4-10-20-19(21)9-5-12-22(20)13-6-15-23-16-14-22/h1-5,7-11,23H,6,12-17H2. The van der Waals surface area contributed by atoms with E-state index in [1.807, 2.05) is 6.07 Å². The minimum atomic E-state index is 0.291. The van der Waals surface area contributed by atoms with Crippen LogP contribution in [0.25, 0.3) is 6.08 Å². The molecule has 2 heteroatoms. The summed E-state index contributed by atoms with van der Waals surface area (Å²) in [5.41, 5.74) is 4.28. The number of fused-ring (bicyclic) bond motifs is 2. The zero-order valence-electron chi connectivity index (χ0n) is 14.1. The molecule has 2 aliphatic rings. The predicted molar refractivity (Wildman–Crippen MR) is 99.3 cm³/mol. The molecule has 0 amide bonds. The molecule has 0 radical (unpaired) electrons. The fourth-order valence-corrected chi connectivity index (χ4v) is 4.15. The topological polar surface area (TPSA) is 21.3 Å². The summed E-state index contributed by atoms with van der Waals surface area (Å²) in [6.07, 6.45) is 9.50. The summed E-state index contributed by atoms with van der Waals surface area (Å²) in [4.78, 5) is 0. The van der Waals surface area contributed by atoms with Gasteiger partial charge in [-0.2, -0.15) is 0 Å². The van der Waals surface area contributed by atoms with E-state index in [1.165, 1.54) is 36.0 Å². The molecule has 1 saturated heterocycles. The van der Waals surface area contributed by atoms with Gasteiger partial charge in [0, 0.05) is 11.0 Å². The van der Waals surface area contributed by atoms with Crippen molar-refractivity contribution in [1.29, 1.82) is 0 Å². The molecule has 1 N–H and O–H groups in total. The van der Waals surface area contributed by atoms with E-state index >= 15 is 0 Å². The van der Waals surface area contributed by atoms with Crippen LogP contribution in [0.3, 0.4) is 0 Å². The molecule has 0 saturated carbocycles. The SMILES string of the molecule is C1=Cc2c(OCc3ccccc3)cccc2C2(C1)CCCNCC2. The van der Waals surface area contributed by atoms with Crippen LogP contribution in [0.5, 0.6) is 5.75 Å². The summed E-state index contributed by atoms with van der Waals surface area (Å²) < 4.78 is 6.19. The first-order valence-electron chi connectivity index (χ1n) is 9.05. The molecule has 2 aromatic rings. The molecule has 1 spiro atoms. The number of benzene rings is 2. The van der Waals surface area contributed by atoms with E-state index in [2.05, 4.69) is 59.9 Å². The minimum Gasteiger partial charge on any atom is -0.488 e. The first-order chi connectivity index (χ1) is 11.9. The van der Waals surface area contributed by atoms with Crippen LogP contribution in [0.4, 0.5) is 0 Å². The largest absolute Gasteiger partial charge is 0.488 e. The molecule has 1 heterocycles. The van der Waals surface area contributed by atoms with Gasteiger partial charge in [0.05, 0.1) is 0 Å². The average Bonchev–Trinajstić information content (AvgIpc) is 2.88. The second kappa shape index (κ2) is 6.82. The lowest BCUT2D eigenvalue weighted by Gasteiger charge is -2.36. The molecular formula is C22H25NO. The number of ether oxygens (including phenoxy) is 1. The Bertz CT molecular complexity index is 712. The normalized spacial score (nSPS) is 22.8. The molecule has 1 atom stereocenters. The third-order valence-corrected chi connectivity index (χ3v) is 5.46. The number of rotatable bonds is 3. The van der Waals surface area contributed by atoms with Crippen LogP contribution >= 0.6 is 0 Å². The Balaban J connectivity index is 1.63. The second-order valence-electron chi connectivity index (χ2n) is 6.98. The minimum absolute atomic E-state index is 0.291. The van der Waals surface area contributed by atoms with Crippen molar-refractivity contribution in [2.45, 2.75) is 37.7 Å². The highest BCUT2D eigenvalue weighted by Crippen LogP contribution is 2.45. The van der Waals surface area contributed by atoms with Crippen molar-refractivity contribution in [3.05, 3.63) is 71.3 Å². The molecule has 124 valence electrons. The highest BCUT2D eigenvalue weighted by atomic mass is 16.5. The number of hydrogen-bond acceptors (Lipinski definition) is 2. The number of hydrogen-bond donors (Lipinski definition) is 1. The molecule has 2 nitrogen and oxygen atoms in total. The van der Waals surface area contributed by atoms with Crippen LogP contribution in [0, 0.1) is 0 Å². The van der Waals surface area contributed by atoms with Crippen LogP contribution in [0.15, 0.2) is 54.6 Å². The van der Waals surface area contributed by atoms with Gasteiger partial charge in [-0.05, 0) is 56.0 Å². The molecule has 4 rings (SSSR count). The van der Waals surface area contributed by atoms with Gasteiger partial charge in [0.1, 0.15) is 12.4 Å². The van der Waals surface area contributed by atoms with Crippen molar-refractivity contribution in [1.82, 2.24) is 5.32 Å². The quantitative estimate of drug-likeness (QED) is 0.886. The molecular weight excluding hydrogens is 294 g/mol. The Kier molecular flexibility index (Phi) is 4.40. The van der Waals surface area contributed by atoms with Gasteiger partial charge >= 0.3 is 0 Å². The van der Waals surface area contributed by atoms with Crippen molar-refractivity contribution in [3.63, 3.8) is 0 Å². The lowest BCUT2D eigenvalue weighted by molar-refractivity contribution is 0.302. The fraction of sp³-hybridized carbons (Fsp3) is 0.364. The Morgan fingerprint density at radius 2 is 1.88 bits per heavy atom. The summed E-state index contributed by atoms with van der Waals surface area (Å²) >= 11 is 0. The molecule has 1 aliphatic carbocycles. The zero-order chi connectivity index (χ0) is 16.2. The smallest absolute Gasteiger partial charge is 0.127 e. The van der Waals surface area contributed by atoms with E-state index < -0.39 is 0 Å². The first-order valence-corrected chi connectivity index (χ1v) is 9.05. The third-order valence-electron chi connectivity index (χ3n) is 5.46. The van der Waals surface area contributed by atoms with E-state index in [1.54, 1.807) is 0 Å². The van der Waals surface area contributed by atoms with Gasteiger partial charge in [-0.15, -0.1) is 0 Å². The average molecular weight is 319 g/mol. The molecule has 0 aromatic heterocycles. The maximum Gasteiger partial charge on any atom is 0.127 e. The maximum absolute atomic E-state index is 6.19. The highest BCUT2D eigenvalue weighted by molar-refractivity contribution is 5.65. The van der Waals surface area contributed by atoms with E-state index in [4.69, 9.17) is 4.74 Å². The van der Waals surface area contributed by atoms with Crippen molar-refractivity contribution in [2.75, 3.05) is 13.1 Å². The van der Waals surface area contributed by atoms with E-state index in [0.717, 1.165) is 25.3 Å². The Hall–Kier alpha value is -2.06. The van der Waals surface area contributed by atoms with Gasteiger partial charge < -0.3 is 10.1 Å². The summed E-state index contributed by atoms with van der Waals surface area (Å²) in [6, 6.07) is 17.0. The zero-order valence-corrected chi connectivity index (χ0v) is 14.1. The lowest BCUT2D eigenvalue weighted by atomic mass is 9.68. The van der Waals surface area contributed by atoms with Crippen LogP contribution in [-0.2, 0) is 12.0 Å².